The summed E-state index contributed by atoms with van der Waals surface area (Å²) in [7, 11) is 1.74. The molecule has 1 unspecified atom stereocenters. The lowest BCUT2D eigenvalue weighted by atomic mass is 10.2. The third-order valence-electron chi connectivity index (χ3n) is 4.87. The molecule has 1 atom stereocenters. The maximum absolute atomic E-state index is 12.2. The third-order valence-corrected chi connectivity index (χ3v) is 6.17. The zero-order valence-corrected chi connectivity index (χ0v) is 18.6. The second-order valence-electron chi connectivity index (χ2n) is 6.80. The first-order valence-corrected chi connectivity index (χ1v) is 11.3. The predicted molar refractivity (Wildman–Crippen MR) is 123 cm³/mol. The first-order chi connectivity index (χ1) is 14.7. The van der Waals surface area contributed by atoms with E-state index in [0.717, 1.165) is 32.8 Å². The summed E-state index contributed by atoms with van der Waals surface area (Å²) in [6, 6.07) is 11.5. The molecule has 1 fully saturated rings. The summed E-state index contributed by atoms with van der Waals surface area (Å²) >= 11 is 7.83. The van der Waals surface area contributed by atoms with Crippen LogP contribution in [0.4, 0.5) is 0 Å². The van der Waals surface area contributed by atoms with E-state index in [4.69, 9.17) is 16.3 Å². The van der Waals surface area contributed by atoms with Crippen LogP contribution in [0.5, 0.6) is 0 Å². The average molecular weight is 450 g/mol. The second kappa shape index (κ2) is 11.9. The lowest BCUT2D eigenvalue weighted by molar-refractivity contribution is 0.0177. The highest BCUT2D eigenvalue weighted by Gasteiger charge is 2.23. The van der Waals surface area contributed by atoms with Crippen LogP contribution in [0.1, 0.15) is 21.3 Å². The van der Waals surface area contributed by atoms with Crippen molar-refractivity contribution < 1.29 is 9.53 Å². The number of ether oxygens (including phenoxy) is 1. The molecule has 0 bridgehead atoms. The van der Waals surface area contributed by atoms with Gasteiger partial charge in [-0.1, -0.05) is 29.8 Å². The van der Waals surface area contributed by atoms with Crippen molar-refractivity contribution in [2.24, 2.45) is 4.99 Å². The van der Waals surface area contributed by atoms with Gasteiger partial charge in [0.15, 0.2) is 5.96 Å². The van der Waals surface area contributed by atoms with Crippen LogP contribution in [0.25, 0.3) is 0 Å². The molecule has 1 aromatic carbocycles. The van der Waals surface area contributed by atoms with Gasteiger partial charge in [0.25, 0.3) is 5.91 Å². The Morgan fingerprint density at radius 1 is 1.17 bits per heavy atom. The van der Waals surface area contributed by atoms with Gasteiger partial charge < -0.3 is 20.7 Å². The van der Waals surface area contributed by atoms with Gasteiger partial charge in [-0.25, -0.2) is 0 Å². The smallest absolute Gasteiger partial charge is 0.252 e. The van der Waals surface area contributed by atoms with Crippen LogP contribution >= 0.6 is 22.9 Å². The molecule has 0 spiro atoms. The van der Waals surface area contributed by atoms with Gasteiger partial charge in [0.2, 0.25) is 0 Å². The quantitative estimate of drug-likeness (QED) is 0.327. The Bertz CT molecular complexity index is 825. The van der Waals surface area contributed by atoms with E-state index in [2.05, 4.69) is 43.4 Å². The minimum absolute atomic E-state index is 0.185. The molecule has 9 heteroatoms. The number of carbonyl (C=O) groups is 1. The van der Waals surface area contributed by atoms with Gasteiger partial charge in [0.1, 0.15) is 0 Å². The Morgan fingerprint density at radius 3 is 2.63 bits per heavy atom. The van der Waals surface area contributed by atoms with Crippen molar-refractivity contribution in [3.63, 3.8) is 0 Å². The number of hydrogen-bond acceptors (Lipinski definition) is 5. The highest BCUT2D eigenvalue weighted by Crippen LogP contribution is 2.25. The molecule has 3 rings (SSSR count). The zero-order chi connectivity index (χ0) is 21.2. The van der Waals surface area contributed by atoms with Crippen molar-refractivity contribution in [3.8, 4) is 0 Å². The number of guanidine groups is 1. The van der Waals surface area contributed by atoms with Crippen LogP contribution in [-0.2, 0) is 4.74 Å². The van der Waals surface area contributed by atoms with Crippen molar-refractivity contribution in [2.75, 3.05) is 53.0 Å². The summed E-state index contributed by atoms with van der Waals surface area (Å²) in [4.78, 5) is 20.3. The normalized spacial score (nSPS) is 16.1. The van der Waals surface area contributed by atoms with Crippen molar-refractivity contribution in [2.45, 2.75) is 6.04 Å². The van der Waals surface area contributed by atoms with Gasteiger partial charge >= 0.3 is 0 Å². The molecular weight excluding hydrogens is 422 g/mol. The summed E-state index contributed by atoms with van der Waals surface area (Å²) in [6.07, 6.45) is 0. The van der Waals surface area contributed by atoms with Crippen LogP contribution in [0.2, 0.25) is 5.02 Å². The van der Waals surface area contributed by atoms with Crippen LogP contribution in [-0.4, -0.2) is 69.8 Å². The Hall–Kier alpha value is -2.13. The SMILES string of the molecule is CN=C(NCCNC(=O)c1ccccc1Cl)NCC(c1cccs1)N1CCOCC1. The lowest BCUT2D eigenvalue weighted by Crippen LogP contribution is -2.47. The first-order valence-electron chi connectivity index (χ1n) is 10.0. The van der Waals surface area contributed by atoms with Crippen LogP contribution in [0.15, 0.2) is 46.8 Å². The molecule has 30 heavy (non-hydrogen) atoms. The van der Waals surface area contributed by atoms with Gasteiger partial charge in [-0.3, -0.25) is 14.7 Å². The van der Waals surface area contributed by atoms with E-state index in [1.165, 1.54) is 4.88 Å². The number of nitrogens with zero attached hydrogens (tertiary/aromatic N) is 2. The molecule has 3 N–H and O–H groups in total. The van der Waals surface area contributed by atoms with Crippen LogP contribution < -0.4 is 16.0 Å². The summed E-state index contributed by atoms with van der Waals surface area (Å²) in [6.45, 7) is 5.13. The number of halogens is 1. The van der Waals surface area contributed by atoms with Crippen LogP contribution in [0, 0.1) is 0 Å². The van der Waals surface area contributed by atoms with Gasteiger partial charge in [-0.15, -0.1) is 11.3 Å². The summed E-state index contributed by atoms with van der Waals surface area (Å²) in [5.74, 6) is 0.521. The Kier molecular flexibility index (Phi) is 8.95. The number of rotatable bonds is 8. The van der Waals surface area contributed by atoms with Gasteiger partial charge in [0.05, 0.1) is 29.8 Å². The number of nitrogens with one attached hydrogen (secondary N) is 3. The van der Waals surface area contributed by atoms with Gasteiger partial charge in [-0.05, 0) is 23.6 Å². The van der Waals surface area contributed by atoms with Gasteiger partial charge in [-0.2, -0.15) is 0 Å². The highest BCUT2D eigenvalue weighted by atomic mass is 35.5. The maximum atomic E-state index is 12.2. The fourth-order valence-corrected chi connectivity index (χ4v) is 4.37. The number of amides is 1. The Labute approximate surface area is 186 Å². The Balaban J connectivity index is 1.45. The summed E-state index contributed by atoms with van der Waals surface area (Å²) in [5, 5.41) is 12.1. The zero-order valence-electron chi connectivity index (χ0n) is 17.1. The van der Waals surface area contributed by atoms with Crippen molar-refractivity contribution in [1.29, 1.82) is 0 Å². The standard InChI is InChI=1S/C21H28ClN5O2S/c1-23-21(25-9-8-24-20(28)16-5-2-3-6-17(16)22)26-15-18(19-7-4-14-30-19)27-10-12-29-13-11-27/h2-7,14,18H,8-13,15H2,1H3,(H,24,28)(H2,23,25,26). The number of carbonyl (C=O) groups excluding carboxylic acids is 1. The summed E-state index contributed by atoms with van der Waals surface area (Å²) < 4.78 is 5.50. The number of hydrogen-bond donors (Lipinski definition) is 3. The molecule has 1 aromatic heterocycles. The molecule has 1 saturated heterocycles. The van der Waals surface area contributed by atoms with E-state index in [9.17, 15) is 4.79 Å². The van der Waals surface area contributed by atoms with E-state index in [-0.39, 0.29) is 11.9 Å². The number of benzene rings is 1. The molecular formula is C21H28ClN5O2S. The number of morpholine rings is 1. The topological polar surface area (TPSA) is 78.0 Å². The molecule has 0 aliphatic carbocycles. The first kappa shape index (κ1) is 22.6. The average Bonchev–Trinajstić information content (AvgIpc) is 3.31. The monoisotopic (exact) mass is 449 g/mol. The molecule has 0 radical (unpaired) electrons. The second-order valence-corrected chi connectivity index (χ2v) is 8.18. The lowest BCUT2D eigenvalue weighted by Gasteiger charge is -2.34. The third kappa shape index (κ3) is 6.43. The van der Waals surface area contributed by atoms with Crippen molar-refractivity contribution in [1.82, 2.24) is 20.9 Å². The molecule has 1 aliphatic heterocycles. The molecule has 0 saturated carbocycles. The molecule has 1 aliphatic rings. The van der Waals surface area contributed by atoms with E-state index in [1.54, 1.807) is 42.6 Å². The molecule has 162 valence electrons. The maximum Gasteiger partial charge on any atom is 0.252 e. The van der Waals surface area contributed by atoms with Gasteiger partial charge in [0, 0.05) is 44.6 Å². The van der Waals surface area contributed by atoms with E-state index in [0.29, 0.717) is 29.6 Å². The van der Waals surface area contributed by atoms with E-state index in [1.807, 2.05) is 0 Å². The van der Waals surface area contributed by atoms with Crippen LogP contribution in [0.3, 0.4) is 0 Å². The molecule has 2 aromatic rings. The fourth-order valence-electron chi connectivity index (χ4n) is 3.29. The van der Waals surface area contributed by atoms with E-state index < -0.39 is 0 Å². The van der Waals surface area contributed by atoms with Crippen molar-refractivity contribution >= 4 is 34.8 Å². The highest BCUT2D eigenvalue weighted by molar-refractivity contribution is 7.10. The molecule has 7 nitrogen and oxygen atoms in total. The number of thiophene rings is 1. The Morgan fingerprint density at radius 2 is 1.93 bits per heavy atom. The molecule has 1 amide bonds. The summed E-state index contributed by atoms with van der Waals surface area (Å²) in [5.41, 5.74) is 0.478. The predicted octanol–water partition coefficient (Wildman–Crippen LogP) is 2.37. The fraction of sp³-hybridized carbons (Fsp3) is 0.429. The van der Waals surface area contributed by atoms with E-state index >= 15 is 0 Å². The minimum Gasteiger partial charge on any atom is -0.379 e. The van der Waals surface area contributed by atoms with Crippen molar-refractivity contribution in [3.05, 3.63) is 57.2 Å². The minimum atomic E-state index is -0.185. The largest absolute Gasteiger partial charge is 0.379 e. The number of aliphatic imine (C=N–C) groups is 1. The molecule has 2 heterocycles.